The van der Waals surface area contributed by atoms with Crippen LogP contribution in [0.4, 0.5) is 26.0 Å². The van der Waals surface area contributed by atoms with Crippen molar-refractivity contribution in [3.05, 3.63) is 77.8 Å². The summed E-state index contributed by atoms with van der Waals surface area (Å²) in [5, 5.41) is 14.2. The number of nitriles is 1. The molecule has 0 saturated heterocycles. The first kappa shape index (κ1) is 17.0. The highest BCUT2D eigenvalue weighted by atomic mass is 19.1. The minimum atomic E-state index is -0.776. The molecule has 3 aromatic rings. The van der Waals surface area contributed by atoms with Crippen molar-refractivity contribution >= 4 is 23.1 Å². The zero-order valence-electron chi connectivity index (χ0n) is 13.2. The Morgan fingerprint density at radius 1 is 1.04 bits per heavy atom. The van der Waals surface area contributed by atoms with Gasteiger partial charge >= 0.3 is 0 Å². The molecule has 0 aliphatic carbocycles. The van der Waals surface area contributed by atoms with Gasteiger partial charge in [0, 0.05) is 6.07 Å². The van der Waals surface area contributed by atoms with E-state index in [0.29, 0.717) is 11.3 Å². The van der Waals surface area contributed by atoms with E-state index < -0.39 is 17.5 Å². The fraction of sp³-hybridized carbons (Fsp3) is 0. The third-order valence-corrected chi connectivity index (χ3v) is 3.37. The molecule has 26 heavy (non-hydrogen) atoms. The summed E-state index contributed by atoms with van der Waals surface area (Å²) in [6.07, 6.45) is 2.45. The Labute approximate surface area is 147 Å². The molecule has 8 heteroatoms. The monoisotopic (exact) mass is 351 g/mol. The average Bonchev–Trinajstić information content (AvgIpc) is 2.65. The van der Waals surface area contributed by atoms with Crippen molar-refractivity contribution in [1.29, 1.82) is 5.26 Å². The van der Waals surface area contributed by atoms with Gasteiger partial charge in [-0.2, -0.15) is 5.26 Å². The van der Waals surface area contributed by atoms with Crippen LogP contribution >= 0.6 is 0 Å². The van der Waals surface area contributed by atoms with E-state index in [1.165, 1.54) is 18.5 Å². The van der Waals surface area contributed by atoms with Crippen LogP contribution in [0, 0.1) is 23.0 Å². The Balaban J connectivity index is 1.73. The highest BCUT2D eigenvalue weighted by Crippen LogP contribution is 2.19. The lowest BCUT2D eigenvalue weighted by Gasteiger charge is -2.08. The Hall–Kier alpha value is -3.86. The summed E-state index contributed by atoms with van der Waals surface area (Å²) < 4.78 is 26.5. The molecule has 1 aromatic heterocycles. The fourth-order valence-electron chi connectivity index (χ4n) is 2.11. The molecule has 3 rings (SSSR count). The Morgan fingerprint density at radius 2 is 1.85 bits per heavy atom. The maximum absolute atomic E-state index is 13.6. The lowest BCUT2D eigenvalue weighted by molar-refractivity contribution is 0.102. The van der Waals surface area contributed by atoms with Gasteiger partial charge in [0.25, 0.3) is 5.91 Å². The number of aromatic nitrogens is 2. The third kappa shape index (κ3) is 3.79. The molecular formula is C18H11F2N5O. The summed E-state index contributed by atoms with van der Waals surface area (Å²) in [5.41, 5.74) is 0.722. The van der Waals surface area contributed by atoms with Crippen LogP contribution < -0.4 is 10.6 Å². The van der Waals surface area contributed by atoms with Gasteiger partial charge in [0.15, 0.2) is 0 Å². The molecule has 0 bridgehead atoms. The van der Waals surface area contributed by atoms with Gasteiger partial charge in [-0.15, -0.1) is 0 Å². The van der Waals surface area contributed by atoms with Crippen LogP contribution in [0.1, 0.15) is 16.1 Å². The summed E-state index contributed by atoms with van der Waals surface area (Å²) in [6.45, 7) is 0. The first-order chi connectivity index (χ1) is 12.6. The molecule has 6 nitrogen and oxygen atoms in total. The smallest absolute Gasteiger partial charge is 0.275 e. The lowest BCUT2D eigenvalue weighted by Crippen LogP contribution is -2.15. The van der Waals surface area contributed by atoms with E-state index in [2.05, 4.69) is 20.6 Å². The number of hydrogen-bond donors (Lipinski definition) is 2. The summed E-state index contributed by atoms with van der Waals surface area (Å²) in [7, 11) is 0. The third-order valence-electron chi connectivity index (χ3n) is 3.37. The number of benzene rings is 2. The van der Waals surface area contributed by atoms with E-state index >= 15 is 0 Å². The zero-order valence-corrected chi connectivity index (χ0v) is 13.2. The van der Waals surface area contributed by atoms with Gasteiger partial charge in [-0.25, -0.2) is 18.7 Å². The van der Waals surface area contributed by atoms with E-state index in [1.807, 2.05) is 6.07 Å². The minimum absolute atomic E-state index is 0.0165. The number of anilines is 3. The number of para-hydroxylation sites is 1. The molecule has 0 spiro atoms. The lowest BCUT2D eigenvalue weighted by atomic mass is 10.2. The van der Waals surface area contributed by atoms with Gasteiger partial charge in [0.05, 0.1) is 29.3 Å². The molecular weight excluding hydrogens is 340 g/mol. The Kier molecular flexibility index (Phi) is 4.80. The van der Waals surface area contributed by atoms with Crippen molar-refractivity contribution in [2.24, 2.45) is 0 Å². The van der Waals surface area contributed by atoms with Crippen LogP contribution in [0.15, 0.2) is 54.9 Å². The van der Waals surface area contributed by atoms with Crippen molar-refractivity contribution < 1.29 is 13.6 Å². The van der Waals surface area contributed by atoms with Crippen LogP contribution in [0.5, 0.6) is 0 Å². The van der Waals surface area contributed by atoms with Crippen LogP contribution in [0.25, 0.3) is 0 Å². The first-order valence-electron chi connectivity index (χ1n) is 7.41. The van der Waals surface area contributed by atoms with Crippen LogP contribution in [0.3, 0.4) is 0 Å². The fourth-order valence-corrected chi connectivity index (χ4v) is 2.11. The quantitative estimate of drug-likeness (QED) is 0.749. The van der Waals surface area contributed by atoms with Crippen molar-refractivity contribution in [1.82, 2.24) is 9.97 Å². The van der Waals surface area contributed by atoms with Gasteiger partial charge in [-0.3, -0.25) is 4.79 Å². The van der Waals surface area contributed by atoms with E-state index in [9.17, 15) is 13.6 Å². The van der Waals surface area contributed by atoms with Crippen molar-refractivity contribution in [2.45, 2.75) is 0 Å². The number of carbonyl (C=O) groups excluding carboxylic acids is 1. The van der Waals surface area contributed by atoms with Gasteiger partial charge < -0.3 is 10.6 Å². The maximum Gasteiger partial charge on any atom is 0.275 e. The van der Waals surface area contributed by atoms with Crippen LogP contribution in [-0.4, -0.2) is 15.9 Å². The molecule has 0 aliphatic heterocycles. The molecule has 0 saturated carbocycles. The standard InChI is InChI=1S/C18H11F2N5O/c19-12-5-6-15(13(20)7-12)24-17-10-22-16(9-23-17)18(26)25-14-4-2-1-3-11(14)8-21/h1-7,9-10H,(H,23,24)(H,25,26). The predicted molar refractivity (Wildman–Crippen MR) is 90.8 cm³/mol. The Morgan fingerprint density at radius 3 is 2.54 bits per heavy atom. The number of carbonyl (C=O) groups is 1. The molecule has 1 heterocycles. The number of hydrogen-bond acceptors (Lipinski definition) is 5. The maximum atomic E-state index is 13.6. The van der Waals surface area contributed by atoms with E-state index in [1.54, 1.807) is 24.3 Å². The van der Waals surface area contributed by atoms with E-state index in [4.69, 9.17) is 5.26 Å². The van der Waals surface area contributed by atoms with Crippen molar-refractivity contribution in [2.75, 3.05) is 10.6 Å². The minimum Gasteiger partial charge on any atom is -0.337 e. The van der Waals surface area contributed by atoms with Crippen LogP contribution in [0.2, 0.25) is 0 Å². The molecule has 128 valence electrons. The van der Waals surface area contributed by atoms with Gasteiger partial charge in [-0.1, -0.05) is 12.1 Å². The molecule has 2 aromatic carbocycles. The first-order valence-corrected chi connectivity index (χ1v) is 7.41. The number of nitrogens with zero attached hydrogens (tertiary/aromatic N) is 3. The zero-order chi connectivity index (χ0) is 18.5. The summed E-state index contributed by atoms with van der Waals surface area (Å²) in [6, 6.07) is 11.6. The molecule has 0 atom stereocenters. The van der Waals surface area contributed by atoms with Gasteiger partial charge in [0.2, 0.25) is 0 Å². The molecule has 1 amide bonds. The van der Waals surface area contributed by atoms with Crippen LogP contribution in [-0.2, 0) is 0 Å². The highest BCUT2D eigenvalue weighted by molar-refractivity contribution is 6.03. The number of halogens is 2. The largest absolute Gasteiger partial charge is 0.337 e. The topological polar surface area (TPSA) is 90.7 Å². The number of nitrogens with one attached hydrogen (secondary N) is 2. The average molecular weight is 351 g/mol. The van der Waals surface area contributed by atoms with Crippen molar-refractivity contribution in [3.63, 3.8) is 0 Å². The predicted octanol–water partition coefficient (Wildman–Crippen LogP) is 3.62. The molecule has 2 N–H and O–H groups in total. The summed E-state index contributed by atoms with van der Waals surface area (Å²) in [5.74, 6) is -1.82. The summed E-state index contributed by atoms with van der Waals surface area (Å²) in [4.78, 5) is 20.1. The SMILES string of the molecule is N#Cc1ccccc1NC(=O)c1cnc(Nc2ccc(F)cc2F)cn1. The van der Waals surface area contributed by atoms with Crippen molar-refractivity contribution in [3.8, 4) is 6.07 Å². The number of rotatable bonds is 4. The second kappa shape index (κ2) is 7.36. The second-order valence-corrected chi connectivity index (χ2v) is 5.15. The molecule has 0 aliphatic rings. The highest BCUT2D eigenvalue weighted by Gasteiger charge is 2.11. The second-order valence-electron chi connectivity index (χ2n) is 5.15. The Bertz CT molecular complexity index is 999. The number of amides is 1. The van der Waals surface area contributed by atoms with Gasteiger partial charge in [0.1, 0.15) is 29.2 Å². The normalized spacial score (nSPS) is 10.0. The van der Waals surface area contributed by atoms with Gasteiger partial charge in [-0.05, 0) is 24.3 Å². The molecule has 0 unspecified atom stereocenters. The molecule has 0 fully saturated rings. The molecule has 0 radical (unpaired) electrons. The van der Waals surface area contributed by atoms with E-state index in [0.717, 1.165) is 12.1 Å². The van der Waals surface area contributed by atoms with E-state index in [-0.39, 0.29) is 17.2 Å². The summed E-state index contributed by atoms with van der Waals surface area (Å²) >= 11 is 0.